The molecule has 1 aromatic rings. The number of hydrogen-bond donors (Lipinski definition) is 2. The van der Waals surface area contributed by atoms with Crippen LogP contribution in [0.25, 0.3) is 0 Å². The number of rotatable bonds is 5. The highest BCUT2D eigenvalue weighted by Crippen LogP contribution is 2.29. The molecule has 1 aliphatic carbocycles. The molecule has 98 valence electrons. The molecule has 0 bridgehead atoms. The van der Waals surface area contributed by atoms with Crippen LogP contribution in [0.5, 0.6) is 0 Å². The van der Waals surface area contributed by atoms with Crippen LogP contribution >= 0.6 is 0 Å². The first-order chi connectivity index (χ1) is 8.81. The number of anilines is 1. The van der Waals surface area contributed by atoms with E-state index < -0.39 is 0 Å². The Morgan fingerprint density at radius 2 is 2.33 bits per heavy atom. The highest BCUT2D eigenvalue weighted by atomic mass is 14.9. The first-order valence-electron chi connectivity index (χ1n) is 6.93. The minimum absolute atomic E-state index is 0.299. The minimum Gasteiger partial charge on any atom is -0.383 e. The number of nitrogens with two attached hydrogens (primary N) is 1. The number of hydrogen-bond acceptors (Lipinski definition) is 3. The lowest BCUT2D eigenvalue weighted by Crippen LogP contribution is -2.23. The molecule has 0 aromatic carbocycles. The fraction of sp³-hybridized carbons (Fsp3) is 0.533. The Hall–Kier alpha value is -1.35. The molecule has 0 spiro atoms. The monoisotopic (exact) mass is 245 g/mol. The normalized spacial score (nSPS) is 17.3. The van der Waals surface area contributed by atoms with Crippen molar-refractivity contribution in [3.05, 3.63) is 35.5 Å². The third kappa shape index (κ3) is 3.33. The second-order valence-electron chi connectivity index (χ2n) is 4.90. The van der Waals surface area contributed by atoms with Gasteiger partial charge in [-0.2, -0.15) is 0 Å². The van der Waals surface area contributed by atoms with Crippen LogP contribution in [0.3, 0.4) is 0 Å². The summed E-state index contributed by atoms with van der Waals surface area (Å²) < 4.78 is 0. The van der Waals surface area contributed by atoms with E-state index in [2.05, 4.69) is 29.4 Å². The van der Waals surface area contributed by atoms with Gasteiger partial charge in [0.1, 0.15) is 5.82 Å². The van der Waals surface area contributed by atoms with E-state index in [-0.39, 0.29) is 0 Å². The van der Waals surface area contributed by atoms with Crippen molar-refractivity contribution in [3.63, 3.8) is 0 Å². The number of nitrogens with one attached hydrogen (secondary N) is 1. The van der Waals surface area contributed by atoms with Crippen LogP contribution in [0, 0.1) is 0 Å². The zero-order valence-electron chi connectivity index (χ0n) is 11.2. The van der Waals surface area contributed by atoms with E-state index in [9.17, 15) is 0 Å². The summed E-state index contributed by atoms with van der Waals surface area (Å²) in [6.45, 7) is 3.08. The van der Waals surface area contributed by atoms with Crippen molar-refractivity contribution >= 4 is 5.82 Å². The van der Waals surface area contributed by atoms with E-state index in [1.54, 1.807) is 11.8 Å². The Morgan fingerprint density at radius 3 is 3.00 bits per heavy atom. The zero-order chi connectivity index (χ0) is 12.8. The standard InChI is InChI=1S/C15H23N3/c1-2-17-14(11-12-7-4-3-5-8-12)13-9-6-10-18-15(13)16/h6-7,9-10,14,17H,2-5,8,11H2,1H3,(H2,16,18). The van der Waals surface area contributed by atoms with E-state index in [1.807, 2.05) is 6.07 Å². The van der Waals surface area contributed by atoms with Crippen molar-refractivity contribution in [1.82, 2.24) is 10.3 Å². The van der Waals surface area contributed by atoms with Crippen LogP contribution < -0.4 is 11.1 Å². The Labute approximate surface area is 109 Å². The number of allylic oxidation sites excluding steroid dienone is 1. The van der Waals surface area contributed by atoms with Crippen molar-refractivity contribution in [3.8, 4) is 0 Å². The Morgan fingerprint density at radius 1 is 1.44 bits per heavy atom. The Kier molecular flexibility index (Phi) is 4.76. The summed E-state index contributed by atoms with van der Waals surface area (Å²) in [7, 11) is 0. The zero-order valence-corrected chi connectivity index (χ0v) is 11.2. The summed E-state index contributed by atoms with van der Waals surface area (Å²) in [5, 5.41) is 3.53. The van der Waals surface area contributed by atoms with Crippen LogP contribution in [0.1, 0.15) is 50.6 Å². The van der Waals surface area contributed by atoms with Crippen molar-refractivity contribution in [1.29, 1.82) is 0 Å². The molecule has 18 heavy (non-hydrogen) atoms. The highest BCUT2D eigenvalue weighted by Gasteiger charge is 2.16. The predicted molar refractivity (Wildman–Crippen MR) is 76.2 cm³/mol. The van der Waals surface area contributed by atoms with Crippen LogP contribution in [0.2, 0.25) is 0 Å². The summed E-state index contributed by atoms with van der Waals surface area (Å²) in [4.78, 5) is 4.19. The van der Waals surface area contributed by atoms with Crippen molar-refractivity contribution < 1.29 is 0 Å². The van der Waals surface area contributed by atoms with Gasteiger partial charge in [-0.25, -0.2) is 4.98 Å². The lowest BCUT2D eigenvalue weighted by Gasteiger charge is -2.22. The minimum atomic E-state index is 0.299. The molecule has 1 atom stereocenters. The van der Waals surface area contributed by atoms with Crippen molar-refractivity contribution in [2.75, 3.05) is 12.3 Å². The molecule has 1 aliphatic rings. The van der Waals surface area contributed by atoms with Crippen LogP contribution in [-0.4, -0.2) is 11.5 Å². The first-order valence-corrected chi connectivity index (χ1v) is 6.93. The molecule has 3 heteroatoms. The smallest absolute Gasteiger partial charge is 0.128 e. The second kappa shape index (κ2) is 6.55. The SMILES string of the molecule is CCNC(CC1=CCCCC1)c1cccnc1N. The summed E-state index contributed by atoms with van der Waals surface area (Å²) in [6, 6.07) is 4.35. The summed E-state index contributed by atoms with van der Waals surface area (Å²) in [5.74, 6) is 0.653. The quantitative estimate of drug-likeness (QED) is 0.783. The molecule has 1 unspecified atom stereocenters. The lowest BCUT2D eigenvalue weighted by atomic mass is 9.91. The van der Waals surface area contributed by atoms with E-state index >= 15 is 0 Å². The van der Waals surface area contributed by atoms with Crippen LogP contribution in [-0.2, 0) is 0 Å². The van der Waals surface area contributed by atoms with Crippen LogP contribution in [0.15, 0.2) is 30.0 Å². The molecular formula is C15H23N3. The molecule has 0 saturated heterocycles. The maximum atomic E-state index is 5.99. The molecule has 3 nitrogen and oxygen atoms in total. The van der Waals surface area contributed by atoms with Gasteiger partial charge in [0.25, 0.3) is 0 Å². The van der Waals surface area contributed by atoms with Crippen LogP contribution in [0.4, 0.5) is 5.82 Å². The number of aromatic nitrogens is 1. The molecule has 0 fully saturated rings. The van der Waals surface area contributed by atoms with Gasteiger partial charge in [0, 0.05) is 17.8 Å². The first kappa shape index (κ1) is 13.1. The van der Waals surface area contributed by atoms with Gasteiger partial charge in [-0.15, -0.1) is 0 Å². The fourth-order valence-corrected chi connectivity index (χ4v) is 2.62. The third-order valence-corrected chi connectivity index (χ3v) is 3.55. The summed E-state index contributed by atoms with van der Waals surface area (Å²) >= 11 is 0. The van der Waals surface area contributed by atoms with E-state index in [4.69, 9.17) is 5.73 Å². The Balaban J connectivity index is 2.12. The number of nitrogen functional groups attached to an aromatic ring is 1. The summed E-state index contributed by atoms with van der Waals surface area (Å²) in [5.41, 5.74) is 8.68. The topological polar surface area (TPSA) is 50.9 Å². The third-order valence-electron chi connectivity index (χ3n) is 3.55. The van der Waals surface area contributed by atoms with E-state index in [0.29, 0.717) is 11.9 Å². The van der Waals surface area contributed by atoms with Gasteiger partial charge in [0.2, 0.25) is 0 Å². The average molecular weight is 245 g/mol. The van der Waals surface area contributed by atoms with Gasteiger partial charge in [-0.1, -0.05) is 24.6 Å². The largest absolute Gasteiger partial charge is 0.383 e. The molecule has 0 aliphatic heterocycles. The number of nitrogens with zero attached hydrogens (tertiary/aromatic N) is 1. The molecule has 2 rings (SSSR count). The van der Waals surface area contributed by atoms with Gasteiger partial charge in [0.15, 0.2) is 0 Å². The molecule has 1 heterocycles. The van der Waals surface area contributed by atoms with Gasteiger partial charge in [-0.3, -0.25) is 0 Å². The average Bonchev–Trinajstić information content (AvgIpc) is 2.40. The maximum Gasteiger partial charge on any atom is 0.128 e. The van der Waals surface area contributed by atoms with Crippen molar-refractivity contribution in [2.24, 2.45) is 0 Å². The molecule has 3 N–H and O–H groups in total. The lowest BCUT2D eigenvalue weighted by molar-refractivity contribution is 0.528. The molecular weight excluding hydrogens is 222 g/mol. The van der Waals surface area contributed by atoms with Gasteiger partial charge in [-0.05, 0) is 44.7 Å². The van der Waals surface area contributed by atoms with E-state index in [0.717, 1.165) is 18.5 Å². The van der Waals surface area contributed by atoms with Gasteiger partial charge < -0.3 is 11.1 Å². The van der Waals surface area contributed by atoms with Gasteiger partial charge in [0.05, 0.1) is 0 Å². The molecule has 0 radical (unpaired) electrons. The molecule has 0 amide bonds. The second-order valence-corrected chi connectivity index (χ2v) is 4.90. The Bertz CT molecular complexity index is 412. The fourth-order valence-electron chi connectivity index (χ4n) is 2.62. The molecule has 1 aromatic heterocycles. The predicted octanol–water partition coefficient (Wildman–Crippen LogP) is 3.20. The van der Waals surface area contributed by atoms with E-state index in [1.165, 1.54) is 25.7 Å². The van der Waals surface area contributed by atoms with Crippen molar-refractivity contribution in [2.45, 2.75) is 45.1 Å². The highest BCUT2D eigenvalue weighted by molar-refractivity contribution is 5.41. The summed E-state index contributed by atoms with van der Waals surface area (Å²) in [6.07, 6.45) is 10.3. The number of pyridine rings is 1. The molecule has 0 saturated carbocycles. The van der Waals surface area contributed by atoms with Gasteiger partial charge >= 0.3 is 0 Å². The maximum absolute atomic E-state index is 5.99.